The van der Waals surface area contributed by atoms with Crippen molar-refractivity contribution in [3.8, 4) is 0 Å². The van der Waals surface area contributed by atoms with E-state index in [1.165, 1.54) is 0 Å². The summed E-state index contributed by atoms with van der Waals surface area (Å²) in [5, 5.41) is 15.8. The number of cyclic esters (lactones) is 1. The highest BCUT2D eigenvalue weighted by Crippen LogP contribution is 2.32. The van der Waals surface area contributed by atoms with Crippen molar-refractivity contribution in [1.82, 2.24) is 15.5 Å². The van der Waals surface area contributed by atoms with Crippen LogP contribution in [0.4, 0.5) is 4.79 Å². The second-order valence-electron chi connectivity index (χ2n) is 12.0. The molecule has 2 aromatic rings. The van der Waals surface area contributed by atoms with Gasteiger partial charge < -0.3 is 30.1 Å². The van der Waals surface area contributed by atoms with Gasteiger partial charge in [0.25, 0.3) is 0 Å². The van der Waals surface area contributed by atoms with Gasteiger partial charge in [-0.2, -0.15) is 0 Å². The summed E-state index contributed by atoms with van der Waals surface area (Å²) in [5.74, 6) is -1.69. The largest absolute Gasteiger partial charge is 0.462 e. The van der Waals surface area contributed by atoms with Gasteiger partial charge in [-0.05, 0) is 48.8 Å². The van der Waals surface area contributed by atoms with Crippen LogP contribution in [-0.4, -0.2) is 64.7 Å². The molecular formula is C34H41N3O7. The third-order valence-electron chi connectivity index (χ3n) is 8.87. The fraction of sp³-hybridized carbons (Fsp3) is 0.471. The van der Waals surface area contributed by atoms with E-state index in [1.807, 2.05) is 54.6 Å². The van der Waals surface area contributed by atoms with Crippen molar-refractivity contribution in [3.05, 3.63) is 83.4 Å². The van der Waals surface area contributed by atoms with Crippen molar-refractivity contribution in [2.45, 2.75) is 82.1 Å². The zero-order valence-electron chi connectivity index (χ0n) is 24.9. The molecule has 234 valence electrons. The SMILES string of the molecule is O=C(N[C@@H]1CC=CC[C@H](CC(=O)N2Cc3ccccc3C[C@H]2CO)C(=O)NC2(CCCC2)COC1=O)OCc1ccccc1. The molecule has 2 aliphatic heterocycles. The maximum atomic E-state index is 13.7. The minimum atomic E-state index is -0.970. The topological polar surface area (TPSA) is 134 Å². The molecule has 0 radical (unpaired) electrons. The number of nitrogens with one attached hydrogen (secondary N) is 2. The highest BCUT2D eigenvalue weighted by Gasteiger charge is 2.40. The highest BCUT2D eigenvalue weighted by atomic mass is 16.6. The van der Waals surface area contributed by atoms with Crippen LogP contribution in [0.2, 0.25) is 0 Å². The van der Waals surface area contributed by atoms with Crippen molar-refractivity contribution >= 4 is 23.9 Å². The van der Waals surface area contributed by atoms with E-state index in [9.17, 15) is 24.3 Å². The Labute approximate surface area is 257 Å². The Balaban J connectivity index is 1.28. The molecule has 3 atom stereocenters. The molecule has 3 N–H and O–H groups in total. The fourth-order valence-corrected chi connectivity index (χ4v) is 6.30. The van der Waals surface area contributed by atoms with Crippen molar-refractivity contribution in [3.63, 3.8) is 0 Å². The number of carbonyl (C=O) groups is 4. The van der Waals surface area contributed by atoms with Crippen molar-refractivity contribution in [1.29, 1.82) is 0 Å². The monoisotopic (exact) mass is 603 g/mol. The first-order chi connectivity index (χ1) is 21.4. The number of aliphatic hydroxyl groups excluding tert-OH is 1. The molecule has 5 rings (SSSR count). The Bertz CT molecular complexity index is 1360. The van der Waals surface area contributed by atoms with Crippen molar-refractivity contribution in [2.24, 2.45) is 5.92 Å². The van der Waals surface area contributed by atoms with Crippen LogP contribution in [0.25, 0.3) is 0 Å². The van der Waals surface area contributed by atoms with Gasteiger partial charge in [0.15, 0.2) is 0 Å². The lowest BCUT2D eigenvalue weighted by Gasteiger charge is -2.37. The van der Waals surface area contributed by atoms with Crippen LogP contribution in [0, 0.1) is 5.92 Å². The van der Waals surface area contributed by atoms with E-state index in [1.54, 1.807) is 17.1 Å². The summed E-state index contributed by atoms with van der Waals surface area (Å²) in [6.07, 6.45) is 6.77. The van der Waals surface area contributed by atoms with Crippen LogP contribution in [0.5, 0.6) is 0 Å². The fourth-order valence-electron chi connectivity index (χ4n) is 6.30. The summed E-state index contributed by atoms with van der Waals surface area (Å²) in [4.78, 5) is 54.6. The number of rotatable bonds is 6. The molecule has 0 bridgehead atoms. The van der Waals surface area contributed by atoms with Gasteiger partial charge >= 0.3 is 12.1 Å². The number of hydrogen-bond acceptors (Lipinski definition) is 7. The molecule has 0 saturated heterocycles. The summed E-state index contributed by atoms with van der Waals surface area (Å²) in [7, 11) is 0. The van der Waals surface area contributed by atoms with Gasteiger partial charge in [-0.15, -0.1) is 0 Å². The summed E-state index contributed by atoms with van der Waals surface area (Å²) < 4.78 is 11.0. The van der Waals surface area contributed by atoms with Gasteiger partial charge in [-0.1, -0.05) is 79.6 Å². The first-order valence-corrected chi connectivity index (χ1v) is 15.4. The number of hydrogen-bond donors (Lipinski definition) is 3. The first kappa shape index (κ1) is 31.3. The smallest absolute Gasteiger partial charge is 0.408 e. The number of nitrogens with zero attached hydrogens (tertiary/aromatic N) is 1. The summed E-state index contributed by atoms with van der Waals surface area (Å²) >= 11 is 0. The molecular weight excluding hydrogens is 562 g/mol. The summed E-state index contributed by atoms with van der Waals surface area (Å²) in [5.41, 5.74) is 2.25. The van der Waals surface area contributed by atoms with Gasteiger partial charge in [0.2, 0.25) is 11.8 Å². The number of carbonyl (C=O) groups excluding carboxylic acids is 4. The van der Waals surface area contributed by atoms with E-state index in [-0.39, 0.29) is 56.9 Å². The quantitative estimate of drug-likeness (QED) is 0.340. The molecule has 1 aliphatic carbocycles. The average Bonchev–Trinajstić information content (AvgIpc) is 3.51. The van der Waals surface area contributed by atoms with E-state index >= 15 is 0 Å². The van der Waals surface area contributed by atoms with Crippen LogP contribution in [0.1, 0.15) is 61.6 Å². The predicted octanol–water partition coefficient (Wildman–Crippen LogP) is 3.56. The van der Waals surface area contributed by atoms with Gasteiger partial charge in [-0.3, -0.25) is 9.59 Å². The van der Waals surface area contributed by atoms with Crippen LogP contribution in [0.3, 0.4) is 0 Å². The zero-order chi connectivity index (χ0) is 30.9. The normalized spacial score (nSPS) is 23.5. The zero-order valence-corrected chi connectivity index (χ0v) is 24.9. The van der Waals surface area contributed by atoms with E-state index in [2.05, 4.69) is 10.6 Å². The number of fused-ring (bicyclic) bond motifs is 1. The van der Waals surface area contributed by atoms with E-state index < -0.39 is 29.6 Å². The van der Waals surface area contributed by atoms with Gasteiger partial charge in [-0.25, -0.2) is 9.59 Å². The molecule has 10 nitrogen and oxygen atoms in total. The lowest BCUT2D eigenvalue weighted by Crippen LogP contribution is -2.54. The van der Waals surface area contributed by atoms with Crippen molar-refractivity contribution < 1.29 is 33.8 Å². The lowest BCUT2D eigenvalue weighted by molar-refractivity contribution is -0.149. The van der Waals surface area contributed by atoms with E-state index in [4.69, 9.17) is 9.47 Å². The van der Waals surface area contributed by atoms with E-state index in [0.717, 1.165) is 29.5 Å². The molecule has 2 heterocycles. The summed E-state index contributed by atoms with van der Waals surface area (Å²) in [6.45, 7) is 0.273. The number of alkyl carbamates (subject to hydrolysis) is 1. The van der Waals surface area contributed by atoms with Gasteiger partial charge in [0.1, 0.15) is 19.3 Å². The minimum absolute atomic E-state index is 0.0157. The molecule has 3 amide bonds. The molecule has 44 heavy (non-hydrogen) atoms. The van der Waals surface area contributed by atoms with Gasteiger partial charge in [0, 0.05) is 13.0 Å². The first-order valence-electron chi connectivity index (χ1n) is 15.4. The third kappa shape index (κ3) is 7.85. The highest BCUT2D eigenvalue weighted by molar-refractivity contribution is 5.87. The van der Waals surface area contributed by atoms with Crippen LogP contribution >= 0.6 is 0 Å². The van der Waals surface area contributed by atoms with Crippen LogP contribution in [-0.2, 0) is 43.4 Å². The Hall–Kier alpha value is -4.18. The van der Waals surface area contributed by atoms with Gasteiger partial charge in [0.05, 0.1) is 24.1 Å². The second kappa shape index (κ2) is 14.5. The Morgan fingerprint density at radius 3 is 2.45 bits per heavy atom. The number of aliphatic hydroxyl groups is 1. The number of allylic oxidation sites excluding steroid dienone is 1. The van der Waals surface area contributed by atoms with E-state index in [0.29, 0.717) is 25.8 Å². The Morgan fingerprint density at radius 2 is 1.70 bits per heavy atom. The molecule has 10 heteroatoms. The second-order valence-corrected chi connectivity index (χ2v) is 12.0. The molecule has 1 fully saturated rings. The number of benzene rings is 2. The summed E-state index contributed by atoms with van der Waals surface area (Å²) in [6, 6.07) is 15.8. The maximum Gasteiger partial charge on any atom is 0.408 e. The lowest BCUT2D eigenvalue weighted by atomic mass is 9.91. The standard InChI is InChI=1S/C34H41N3O7/c38-21-28-18-25-12-4-5-14-27(25)20-37(28)30(39)19-26-13-6-7-15-29(35-33(42)43-22-24-10-2-1-3-11-24)32(41)44-23-34(36-31(26)40)16-8-9-17-34/h1-7,10-12,14,26,28-29,38H,8-9,13,15-23H2,(H,35,42)(H,36,40)/t26-,28+,29-/m1/s1. The maximum absolute atomic E-state index is 13.7. The predicted molar refractivity (Wildman–Crippen MR) is 162 cm³/mol. The molecule has 2 aromatic carbocycles. The molecule has 1 spiro atoms. The third-order valence-corrected chi connectivity index (χ3v) is 8.87. The Kier molecular flexibility index (Phi) is 10.3. The van der Waals surface area contributed by atoms with Crippen molar-refractivity contribution in [2.75, 3.05) is 13.2 Å². The minimum Gasteiger partial charge on any atom is -0.462 e. The van der Waals surface area contributed by atoms with Crippen LogP contribution in [0.15, 0.2) is 66.7 Å². The molecule has 0 aromatic heterocycles. The number of esters is 1. The molecule has 3 aliphatic rings. The van der Waals surface area contributed by atoms with Crippen LogP contribution < -0.4 is 10.6 Å². The number of ether oxygens (including phenoxy) is 2. The molecule has 0 unspecified atom stereocenters. The Morgan fingerprint density at radius 1 is 1.00 bits per heavy atom. The molecule has 1 saturated carbocycles. The average molecular weight is 604 g/mol. The number of amides is 3.